The van der Waals surface area contributed by atoms with Crippen LogP contribution >= 0.6 is 12.6 Å². The van der Waals surface area contributed by atoms with Crippen molar-refractivity contribution in [1.82, 2.24) is 20.8 Å². The fourth-order valence-electron chi connectivity index (χ4n) is 3.14. The normalized spacial score (nSPS) is 16.4. The van der Waals surface area contributed by atoms with Gasteiger partial charge in [0.1, 0.15) is 5.54 Å². The number of benzene rings is 1. The number of thiol groups is 1. The van der Waals surface area contributed by atoms with Crippen molar-refractivity contribution in [3.8, 4) is 0 Å². The van der Waals surface area contributed by atoms with Crippen molar-refractivity contribution in [1.29, 1.82) is 0 Å². The molecule has 0 spiro atoms. The van der Waals surface area contributed by atoms with E-state index in [1.54, 1.807) is 0 Å². The van der Waals surface area contributed by atoms with Crippen molar-refractivity contribution in [3.05, 3.63) is 30.0 Å². The summed E-state index contributed by atoms with van der Waals surface area (Å²) in [6.07, 6.45) is 3.16. The number of nitrogens with zero attached hydrogens (tertiary/aromatic N) is 1. The molecule has 122 valence electrons. The van der Waals surface area contributed by atoms with Gasteiger partial charge in [-0.1, -0.05) is 31.0 Å². The van der Waals surface area contributed by atoms with Gasteiger partial charge < -0.3 is 10.6 Å². The van der Waals surface area contributed by atoms with Gasteiger partial charge in [-0.2, -0.15) is 17.7 Å². The van der Waals surface area contributed by atoms with E-state index in [-0.39, 0.29) is 11.8 Å². The van der Waals surface area contributed by atoms with Crippen molar-refractivity contribution >= 4 is 35.3 Å². The minimum absolute atomic E-state index is 0.128. The number of amides is 2. The van der Waals surface area contributed by atoms with Crippen molar-refractivity contribution in [3.63, 3.8) is 0 Å². The molecule has 2 amide bonds. The lowest BCUT2D eigenvalue weighted by atomic mass is 9.95. The van der Waals surface area contributed by atoms with Gasteiger partial charge in [-0.25, -0.2) is 0 Å². The van der Waals surface area contributed by atoms with E-state index in [0.29, 0.717) is 30.8 Å². The van der Waals surface area contributed by atoms with Crippen LogP contribution in [-0.2, 0) is 4.79 Å². The first kappa shape index (κ1) is 15.9. The molecule has 1 saturated carbocycles. The summed E-state index contributed by atoms with van der Waals surface area (Å²) in [4.78, 5) is 25.2. The van der Waals surface area contributed by atoms with Gasteiger partial charge in [-0.15, -0.1) is 0 Å². The Balaban J connectivity index is 1.83. The first-order valence-electron chi connectivity index (χ1n) is 7.81. The molecular formula is C16H20N4O2S. The molecule has 0 aliphatic heterocycles. The van der Waals surface area contributed by atoms with Gasteiger partial charge in [0.05, 0.1) is 5.52 Å². The standard InChI is InChI=1S/C16H20N4O2S/c21-14(13-11-5-1-2-6-12(11)19-20-13)18-16(7-3-4-8-16)15(22)17-9-10-23/h1-2,5-6,23H,3-4,7-10H2,(H,17,22)(H,18,21)(H,19,20). The molecule has 1 fully saturated rings. The maximum Gasteiger partial charge on any atom is 0.273 e. The summed E-state index contributed by atoms with van der Waals surface area (Å²) >= 11 is 4.11. The third-order valence-electron chi connectivity index (χ3n) is 4.33. The fourth-order valence-corrected chi connectivity index (χ4v) is 3.25. The number of fused-ring (bicyclic) bond motifs is 1. The summed E-state index contributed by atoms with van der Waals surface area (Å²) in [5, 5.41) is 13.5. The second kappa shape index (κ2) is 6.62. The summed E-state index contributed by atoms with van der Waals surface area (Å²) in [5.74, 6) is 0.127. The maximum absolute atomic E-state index is 12.7. The SMILES string of the molecule is O=C(NC1(C(=O)NCCS)CCCC1)c1n[nH]c2ccccc12. The highest BCUT2D eigenvalue weighted by molar-refractivity contribution is 7.80. The molecule has 1 aliphatic carbocycles. The van der Waals surface area contributed by atoms with Crippen LogP contribution in [0.2, 0.25) is 0 Å². The van der Waals surface area contributed by atoms with Gasteiger partial charge in [-0.05, 0) is 18.9 Å². The Kier molecular flexibility index (Phi) is 4.56. The van der Waals surface area contributed by atoms with E-state index < -0.39 is 5.54 Å². The van der Waals surface area contributed by atoms with Crippen LogP contribution in [0.1, 0.15) is 36.2 Å². The van der Waals surface area contributed by atoms with Gasteiger partial charge >= 0.3 is 0 Å². The first-order valence-corrected chi connectivity index (χ1v) is 8.44. The fraction of sp³-hybridized carbons (Fsp3) is 0.438. The Bertz CT molecular complexity index is 722. The number of H-pyrrole nitrogens is 1. The van der Waals surface area contributed by atoms with Crippen LogP contribution in [0.5, 0.6) is 0 Å². The van der Waals surface area contributed by atoms with E-state index in [4.69, 9.17) is 0 Å². The number of nitrogens with one attached hydrogen (secondary N) is 3. The highest BCUT2D eigenvalue weighted by Gasteiger charge is 2.42. The molecule has 0 bridgehead atoms. The van der Waals surface area contributed by atoms with E-state index in [9.17, 15) is 9.59 Å². The molecule has 1 aromatic heterocycles. The summed E-state index contributed by atoms with van der Waals surface area (Å²) in [7, 11) is 0. The molecule has 3 N–H and O–H groups in total. The highest BCUT2D eigenvalue weighted by Crippen LogP contribution is 2.30. The number of carbonyl (C=O) groups excluding carboxylic acids is 2. The molecule has 0 saturated heterocycles. The Morgan fingerprint density at radius 2 is 2.00 bits per heavy atom. The Morgan fingerprint density at radius 3 is 2.74 bits per heavy atom. The first-order chi connectivity index (χ1) is 11.2. The van der Waals surface area contributed by atoms with Crippen LogP contribution in [0.3, 0.4) is 0 Å². The molecule has 23 heavy (non-hydrogen) atoms. The van der Waals surface area contributed by atoms with Gasteiger partial charge in [-0.3, -0.25) is 14.7 Å². The molecule has 1 heterocycles. The molecule has 6 nitrogen and oxygen atoms in total. The lowest BCUT2D eigenvalue weighted by Gasteiger charge is -2.28. The molecule has 7 heteroatoms. The van der Waals surface area contributed by atoms with Gasteiger partial charge in [0.2, 0.25) is 5.91 Å². The van der Waals surface area contributed by atoms with Crippen molar-refractivity contribution < 1.29 is 9.59 Å². The van der Waals surface area contributed by atoms with E-state index in [0.717, 1.165) is 23.7 Å². The highest BCUT2D eigenvalue weighted by atomic mass is 32.1. The Morgan fingerprint density at radius 1 is 1.26 bits per heavy atom. The van der Waals surface area contributed by atoms with Crippen molar-refractivity contribution in [2.24, 2.45) is 0 Å². The van der Waals surface area contributed by atoms with E-state index in [1.807, 2.05) is 24.3 Å². The molecule has 0 radical (unpaired) electrons. The maximum atomic E-state index is 12.7. The summed E-state index contributed by atoms with van der Waals surface area (Å²) in [5.41, 5.74) is 0.298. The number of para-hydroxylation sites is 1. The second-order valence-corrected chi connectivity index (χ2v) is 6.29. The molecular weight excluding hydrogens is 312 g/mol. The number of hydrogen-bond acceptors (Lipinski definition) is 4. The van der Waals surface area contributed by atoms with Gasteiger partial charge in [0, 0.05) is 17.7 Å². The van der Waals surface area contributed by atoms with E-state index >= 15 is 0 Å². The van der Waals surface area contributed by atoms with E-state index in [2.05, 4.69) is 33.5 Å². The number of aromatic amines is 1. The predicted molar refractivity (Wildman–Crippen MR) is 91.6 cm³/mol. The lowest BCUT2D eigenvalue weighted by molar-refractivity contribution is -0.127. The lowest BCUT2D eigenvalue weighted by Crippen LogP contribution is -2.57. The monoisotopic (exact) mass is 332 g/mol. The molecule has 1 aromatic carbocycles. The number of aromatic nitrogens is 2. The zero-order valence-electron chi connectivity index (χ0n) is 12.8. The van der Waals surface area contributed by atoms with Crippen molar-refractivity contribution in [2.75, 3.05) is 12.3 Å². The second-order valence-electron chi connectivity index (χ2n) is 5.84. The van der Waals surface area contributed by atoms with Crippen LogP contribution in [0.25, 0.3) is 10.9 Å². The van der Waals surface area contributed by atoms with Crippen LogP contribution in [0, 0.1) is 0 Å². The third kappa shape index (κ3) is 3.06. The minimum Gasteiger partial charge on any atom is -0.353 e. The van der Waals surface area contributed by atoms with Gasteiger partial charge in [0.25, 0.3) is 5.91 Å². The topological polar surface area (TPSA) is 86.9 Å². The van der Waals surface area contributed by atoms with Gasteiger partial charge in [0.15, 0.2) is 5.69 Å². The predicted octanol–water partition coefficient (Wildman–Crippen LogP) is 1.65. The number of rotatable bonds is 5. The zero-order valence-corrected chi connectivity index (χ0v) is 13.7. The quantitative estimate of drug-likeness (QED) is 0.628. The number of hydrogen-bond donors (Lipinski definition) is 4. The van der Waals surface area contributed by atoms with Crippen LogP contribution in [0.15, 0.2) is 24.3 Å². The smallest absolute Gasteiger partial charge is 0.273 e. The van der Waals surface area contributed by atoms with Crippen molar-refractivity contribution in [2.45, 2.75) is 31.2 Å². The Hall–Kier alpha value is -2.02. The van der Waals surface area contributed by atoms with Crippen LogP contribution in [-0.4, -0.2) is 39.8 Å². The van der Waals surface area contributed by atoms with E-state index in [1.165, 1.54) is 0 Å². The summed E-state index contributed by atoms with van der Waals surface area (Å²) < 4.78 is 0. The summed E-state index contributed by atoms with van der Waals surface area (Å²) in [6.45, 7) is 0.491. The minimum atomic E-state index is -0.833. The molecule has 0 atom stereocenters. The van der Waals surface area contributed by atoms with Crippen LogP contribution < -0.4 is 10.6 Å². The average Bonchev–Trinajstić information content (AvgIpc) is 3.20. The largest absolute Gasteiger partial charge is 0.353 e. The number of carbonyl (C=O) groups is 2. The molecule has 0 unspecified atom stereocenters. The average molecular weight is 332 g/mol. The molecule has 3 rings (SSSR count). The zero-order chi connectivity index (χ0) is 16.3. The van der Waals surface area contributed by atoms with Crippen LogP contribution in [0.4, 0.5) is 0 Å². The third-order valence-corrected chi connectivity index (χ3v) is 4.55. The summed E-state index contributed by atoms with van der Waals surface area (Å²) in [6, 6.07) is 7.45. The molecule has 2 aromatic rings. The molecule has 1 aliphatic rings. The Labute approximate surface area is 139 Å².